The van der Waals surface area contributed by atoms with E-state index >= 15 is 0 Å². The van der Waals surface area contributed by atoms with Crippen molar-refractivity contribution >= 4 is 17.7 Å². The van der Waals surface area contributed by atoms with E-state index < -0.39 is 12.2 Å². The van der Waals surface area contributed by atoms with Crippen molar-refractivity contribution in [3.05, 3.63) is 60.2 Å². The largest absolute Gasteiger partial charge is 0.388 e. The minimum Gasteiger partial charge on any atom is -0.388 e. The highest BCUT2D eigenvalue weighted by Crippen LogP contribution is 2.28. The quantitative estimate of drug-likeness (QED) is 0.765. The van der Waals surface area contributed by atoms with Crippen LogP contribution >= 0.6 is 11.8 Å². The van der Waals surface area contributed by atoms with Gasteiger partial charge >= 0.3 is 0 Å². The van der Waals surface area contributed by atoms with Crippen molar-refractivity contribution in [1.29, 1.82) is 0 Å². The number of rotatable bonds is 6. The molecule has 116 valence electrons. The lowest BCUT2D eigenvalue weighted by Crippen LogP contribution is -2.34. The second-order valence-corrected chi connectivity index (χ2v) is 6.08. The predicted molar refractivity (Wildman–Crippen MR) is 86.7 cm³/mol. The fourth-order valence-electron chi connectivity index (χ4n) is 1.94. The van der Waals surface area contributed by atoms with E-state index in [0.29, 0.717) is 5.56 Å². The summed E-state index contributed by atoms with van der Waals surface area (Å²) in [7, 11) is 0. The van der Waals surface area contributed by atoms with Crippen LogP contribution in [0, 0.1) is 0 Å². The number of amides is 1. The molecule has 2 unspecified atom stereocenters. The standard InChI is InChI=1S/C17H19NO3S/c1-12(19)18-11-16(20)17(21)13-7-9-15(10-8-13)22-14-5-3-2-4-6-14/h2-10,16-17,20-21H,11H2,1H3,(H,18,19). The maximum absolute atomic E-state index is 10.8. The second-order valence-electron chi connectivity index (χ2n) is 4.93. The molecule has 0 radical (unpaired) electrons. The Morgan fingerprint density at radius 2 is 1.64 bits per heavy atom. The van der Waals surface area contributed by atoms with E-state index in [2.05, 4.69) is 5.32 Å². The first-order valence-corrected chi connectivity index (χ1v) is 7.81. The molecule has 3 N–H and O–H groups in total. The summed E-state index contributed by atoms with van der Waals surface area (Å²) in [5, 5.41) is 22.4. The van der Waals surface area contributed by atoms with Crippen LogP contribution in [0.15, 0.2) is 64.4 Å². The minimum absolute atomic E-state index is 0.0248. The van der Waals surface area contributed by atoms with E-state index in [1.54, 1.807) is 23.9 Å². The van der Waals surface area contributed by atoms with Gasteiger partial charge in [-0.15, -0.1) is 0 Å². The van der Waals surface area contributed by atoms with E-state index in [1.807, 2.05) is 42.5 Å². The van der Waals surface area contributed by atoms with Crippen molar-refractivity contribution in [1.82, 2.24) is 5.32 Å². The molecular weight excluding hydrogens is 298 g/mol. The molecular formula is C17H19NO3S. The molecule has 5 heteroatoms. The number of hydrogen-bond acceptors (Lipinski definition) is 4. The van der Waals surface area contributed by atoms with Crippen molar-refractivity contribution < 1.29 is 15.0 Å². The van der Waals surface area contributed by atoms with E-state index in [9.17, 15) is 15.0 Å². The smallest absolute Gasteiger partial charge is 0.216 e. The van der Waals surface area contributed by atoms with Gasteiger partial charge in [0.2, 0.25) is 5.91 Å². The van der Waals surface area contributed by atoms with Gasteiger partial charge in [0.25, 0.3) is 0 Å². The molecule has 0 fully saturated rings. The zero-order valence-electron chi connectivity index (χ0n) is 12.3. The van der Waals surface area contributed by atoms with Gasteiger partial charge in [0, 0.05) is 23.3 Å². The van der Waals surface area contributed by atoms with Crippen LogP contribution in [0.4, 0.5) is 0 Å². The first-order chi connectivity index (χ1) is 10.6. The van der Waals surface area contributed by atoms with Crippen LogP contribution in [0.5, 0.6) is 0 Å². The summed E-state index contributed by atoms with van der Waals surface area (Å²) in [5.41, 5.74) is 0.621. The molecule has 22 heavy (non-hydrogen) atoms. The number of benzene rings is 2. The van der Waals surface area contributed by atoms with E-state index in [0.717, 1.165) is 9.79 Å². The predicted octanol–water partition coefficient (Wildman–Crippen LogP) is 2.37. The molecule has 0 aliphatic carbocycles. The normalized spacial score (nSPS) is 13.4. The average Bonchev–Trinajstić information content (AvgIpc) is 2.53. The summed E-state index contributed by atoms with van der Waals surface area (Å²) in [4.78, 5) is 13.0. The monoisotopic (exact) mass is 317 g/mol. The van der Waals surface area contributed by atoms with Crippen LogP contribution in [0.25, 0.3) is 0 Å². The lowest BCUT2D eigenvalue weighted by Gasteiger charge is -2.18. The lowest BCUT2D eigenvalue weighted by molar-refractivity contribution is -0.119. The van der Waals surface area contributed by atoms with Crippen LogP contribution in [-0.2, 0) is 4.79 Å². The Kier molecular flexibility index (Phi) is 6.00. The Morgan fingerprint density at radius 3 is 2.23 bits per heavy atom. The maximum atomic E-state index is 10.8. The first-order valence-electron chi connectivity index (χ1n) is 6.99. The lowest BCUT2D eigenvalue weighted by atomic mass is 10.0. The molecule has 0 aromatic heterocycles. The summed E-state index contributed by atoms with van der Waals surface area (Å²) in [5.74, 6) is -0.235. The van der Waals surface area contributed by atoms with Gasteiger partial charge in [0.1, 0.15) is 12.2 Å². The Balaban J connectivity index is 1.97. The summed E-state index contributed by atoms with van der Waals surface area (Å²) < 4.78 is 0. The highest BCUT2D eigenvalue weighted by atomic mass is 32.2. The van der Waals surface area contributed by atoms with Gasteiger partial charge in [-0.2, -0.15) is 0 Å². The third-order valence-corrected chi connectivity index (χ3v) is 4.14. The van der Waals surface area contributed by atoms with Crippen molar-refractivity contribution in [3.63, 3.8) is 0 Å². The molecule has 1 amide bonds. The topological polar surface area (TPSA) is 69.6 Å². The summed E-state index contributed by atoms with van der Waals surface area (Å²) in [6.45, 7) is 1.39. The molecule has 2 atom stereocenters. The highest BCUT2D eigenvalue weighted by molar-refractivity contribution is 7.99. The SMILES string of the molecule is CC(=O)NCC(O)C(O)c1ccc(Sc2ccccc2)cc1. The van der Waals surface area contributed by atoms with Crippen LogP contribution < -0.4 is 5.32 Å². The van der Waals surface area contributed by atoms with Gasteiger partial charge in [-0.25, -0.2) is 0 Å². The van der Waals surface area contributed by atoms with E-state index in [4.69, 9.17) is 0 Å². The van der Waals surface area contributed by atoms with Gasteiger partial charge in [-0.3, -0.25) is 4.79 Å². The van der Waals surface area contributed by atoms with Gasteiger partial charge in [0.15, 0.2) is 0 Å². The van der Waals surface area contributed by atoms with E-state index in [-0.39, 0.29) is 12.5 Å². The molecule has 0 heterocycles. The zero-order valence-corrected chi connectivity index (χ0v) is 13.1. The third-order valence-electron chi connectivity index (χ3n) is 3.13. The van der Waals surface area contributed by atoms with Crippen LogP contribution in [0.3, 0.4) is 0 Å². The summed E-state index contributed by atoms with van der Waals surface area (Å²) >= 11 is 1.63. The molecule has 0 saturated carbocycles. The van der Waals surface area contributed by atoms with Gasteiger partial charge < -0.3 is 15.5 Å². The highest BCUT2D eigenvalue weighted by Gasteiger charge is 2.18. The van der Waals surface area contributed by atoms with Crippen LogP contribution in [-0.4, -0.2) is 28.8 Å². The Morgan fingerprint density at radius 1 is 1.05 bits per heavy atom. The molecule has 0 saturated heterocycles. The van der Waals surface area contributed by atoms with Crippen molar-refractivity contribution in [2.75, 3.05) is 6.54 Å². The molecule has 4 nitrogen and oxygen atoms in total. The second kappa shape index (κ2) is 7.98. The third kappa shape index (κ3) is 4.87. The molecule has 0 spiro atoms. The number of carbonyl (C=O) groups is 1. The van der Waals surface area contributed by atoms with Crippen molar-refractivity contribution in [2.24, 2.45) is 0 Å². The van der Waals surface area contributed by atoms with Gasteiger partial charge in [-0.05, 0) is 29.8 Å². The molecule has 2 aromatic rings. The average molecular weight is 317 g/mol. The van der Waals surface area contributed by atoms with Gasteiger partial charge in [-0.1, -0.05) is 42.1 Å². The van der Waals surface area contributed by atoms with Crippen LogP contribution in [0.2, 0.25) is 0 Å². The van der Waals surface area contributed by atoms with Crippen molar-refractivity contribution in [2.45, 2.75) is 28.9 Å². The van der Waals surface area contributed by atoms with E-state index in [1.165, 1.54) is 6.92 Å². The molecule has 2 rings (SSSR count). The molecule has 0 bridgehead atoms. The number of aliphatic hydroxyl groups is 2. The summed E-state index contributed by atoms with van der Waals surface area (Å²) in [6, 6.07) is 17.4. The number of carbonyl (C=O) groups excluding carboxylic acids is 1. The summed E-state index contributed by atoms with van der Waals surface area (Å²) in [6.07, 6.45) is -2.06. The number of nitrogens with one attached hydrogen (secondary N) is 1. The number of aliphatic hydroxyl groups excluding tert-OH is 2. The van der Waals surface area contributed by atoms with Crippen LogP contribution in [0.1, 0.15) is 18.6 Å². The Labute approximate surface area is 134 Å². The first kappa shape index (κ1) is 16.5. The fraction of sp³-hybridized carbons (Fsp3) is 0.235. The van der Waals surface area contributed by atoms with Gasteiger partial charge in [0.05, 0.1) is 0 Å². The molecule has 2 aromatic carbocycles. The fourth-order valence-corrected chi connectivity index (χ4v) is 2.78. The molecule has 0 aliphatic heterocycles. The maximum Gasteiger partial charge on any atom is 0.216 e. The van der Waals surface area contributed by atoms with Crippen molar-refractivity contribution in [3.8, 4) is 0 Å². The molecule has 0 aliphatic rings. The Bertz CT molecular complexity index is 601. The Hall–Kier alpha value is -1.82. The number of hydrogen-bond donors (Lipinski definition) is 3. The zero-order chi connectivity index (χ0) is 15.9. The minimum atomic E-state index is -1.03.